The van der Waals surface area contributed by atoms with E-state index in [4.69, 9.17) is 0 Å². The molecule has 0 N–H and O–H groups in total. The van der Waals surface area contributed by atoms with E-state index in [2.05, 4.69) is 191 Å². The second-order valence-electron chi connectivity index (χ2n) is 12.6. The van der Waals surface area contributed by atoms with Gasteiger partial charge in [-0.1, -0.05) is 121 Å². The van der Waals surface area contributed by atoms with E-state index in [1.165, 1.54) is 82.3 Å². The molecule has 10 rings (SSSR count). The molecule has 2 heterocycles. The van der Waals surface area contributed by atoms with Crippen molar-refractivity contribution in [3.05, 3.63) is 182 Å². The van der Waals surface area contributed by atoms with Crippen LogP contribution in [0.2, 0.25) is 0 Å². The van der Waals surface area contributed by atoms with Gasteiger partial charge in [0, 0.05) is 32.9 Å². The lowest BCUT2D eigenvalue weighted by Crippen LogP contribution is -1.94. The van der Waals surface area contributed by atoms with Gasteiger partial charge in [0.15, 0.2) is 0 Å². The van der Waals surface area contributed by atoms with Gasteiger partial charge in [-0.25, -0.2) is 0 Å². The highest BCUT2D eigenvalue weighted by Crippen LogP contribution is 2.37. The number of nitrogens with zero attached hydrogens (tertiary/aromatic N) is 2. The predicted octanol–water partition coefficient (Wildman–Crippen LogP) is 12.4. The Balaban J connectivity index is 1.04. The molecule has 0 bridgehead atoms. The molecule has 0 amide bonds. The van der Waals surface area contributed by atoms with Crippen molar-refractivity contribution in [1.29, 1.82) is 0 Å². The second-order valence-corrected chi connectivity index (χ2v) is 12.6. The highest BCUT2D eigenvalue weighted by Gasteiger charge is 2.15. The van der Waals surface area contributed by atoms with Crippen LogP contribution in [-0.2, 0) is 0 Å². The zero-order chi connectivity index (χ0) is 31.6. The Morgan fingerprint density at radius 3 is 1.21 bits per heavy atom. The molecule has 0 unspecified atom stereocenters. The van der Waals surface area contributed by atoms with E-state index in [0.717, 1.165) is 5.69 Å². The SMILES string of the molecule is c1ccc2cc(-c3ccc(-n4c5ccccc5c5cc(-c6ccc(-n7c8ccccc8c8ccccc87)cc6)ccc54)cc3)ccc2c1. The van der Waals surface area contributed by atoms with Crippen molar-refractivity contribution < 1.29 is 0 Å². The molecule has 0 aliphatic carbocycles. The molecule has 0 spiro atoms. The molecule has 0 radical (unpaired) electrons. The summed E-state index contributed by atoms with van der Waals surface area (Å²) in [4.78, 5) is 0. The van der Waals surface area contributed by atoms with Crippen molar-refractivity contribution >= 4 is 54.4 Å². The quantitative estimate of drug-likeness (QED) is 0.188. The first-order valence-corrected chi connectivity index (χ1v) is 16.5. The van der Waals surface area contributed by atoms with Crippen LogP contribution in [-0.4, -0.2) is 9.13 Å². The summed E-state index contributed by atoms with van der Waals surface area (Å²) in [7, 11) is 0. The molecule has 0 aliphatic rings. The van der Waals surface area contributed by atoms with Gasteiger partial charge in [-0.3, -0.25) is 0 Å². The summed E-state index contributed by atoms with van der Waals surface area (Å²) in [5.41, 5.74) is 12.1. The van der Waals surface area contributed by atoms with Crippen LogP contribution in [0.1, 0.15) is 0 Å². The van der Waals surface area contributed by atoms with E-state index in [1.807, 2.05) is 0 Å². The predicted molar refractivity (Wildman–Crippen MR) is 203 cm³/mol. The summed E-state index contributed by atoms with van der Waals surface area (Å²) in [6, 6.07) is 66.2. The Kier molecular flexibility index (Phi) is 5.91. The van der Waals surface area contributed by atoms with Crippen molar-refractivity contribution in [2.45, 2.75) is 0 Å². The van der Waals surface area contributed by atoms with E-state index < -0.39 is 0 Å². The second kappa shape index (κ2) is 10.6. The van der Waals surface area contributed by atoms with E-state index in [0.29, 0.717) is 0 Å². The zero-order valence-corrected chi connectivity index (χ0v) is 26.2. The number of hydrogen-bond donors (Lipinski definition) is 0. The minimum Gasteiger partial charge on any atom is -0.309 e. The molecule has 0 atom stereocenters. The molecule has 10 aromatic rings. The van der Waals surface area contributed by atoms with E-state index in [1.54, 1.807) is 0 Å². The summed E-state index contributed by atoms with van der Waals surface area (Å²) in [5, 5.41) is 7.60. The molecule has 2 nitrogen and oxygen atoms in total. The first kappa shape index (κ1) is 26.8. The van der Waals surface area contributed by atoms with Gasteiger partial charge in [-0.05, 0) is 93.7 Å². The molecule has 0 fully saturated rings. The maximum absolute atomic E-state index is 2.39. The molecule has 0 saturated heterocycles. The number of benzene rings is 8. The number of hydrogen-bond acceptors (Lipinski definition) is 0. The Hall–Kier alpha value is -6.38. The molecule has 2 aromatic heterocycles. The minimum atomic E-state index is 1.16. The van der Waals surface area contributed by atoms with Crippen LogP contribution >= 0.6 is 0 Å². The Morgan fingerprint density at radius 2 is 0.646 bits per heavy atom. The molecule has 0 saturated carbocycles. The standard InChI is InChI=1S/C46H30N2/c1-2-10-34-29-35(18-17-31(34)9-1)32-19-24-38(25-20-32)48-45-16-8-5-13-41(45)42-30-36(23-28-46(42)48)33-21-26-37(27-22-33)47-43-14-6-3-11-39(43)40-12-4-7-15-44(40)47/h1-30H. The van der Waals surface area contributed by atoms with Crippen molar-refractivity contribution in [2.75, 3.05) is 0 Å². The fourth-order valence-electron chi connectivity index (χ4n) is 7.61. The normalized spacial score (nSPS) is 11.8. The average Bonchev–Trinajstić information content (AvgIpc) is 3.67. The van der Waals surface area contributed by atoms with Gasteiger partial charge in [0.2, 0.25) is 0 Å². The fourth-order valence-corrected chi connectivity index (χ4v) is 7.61. The molecule has 2 heteroatoms. The lowest BCUT2D eigenvalue weighted by atomic mass is 10.0. The van der Waals surface area contributed by atoms with Gasteiger partial charge < -0.3 is 9.13 Å². The largest absolute Gasteiger partial charge is 0.309 e. The van der Waals surface area contributed by atoms with Crippen LogP contribution in [0, 0.1) is 0 Å². The molecular weight excluding hydrogens is 581 g/mol. The Morgan fingerprint density at radius 1 is 0.250 bits per heavy atom. The van der Waals surface area contributed by atoms with Gasteiger partial charge in [-0.15, -0.1) is 0 Å². The Bertz CT molecular complexity index is 2760. The van der Waals surface area contributed by atoms with E-state index in [9.17, 15) is 0 Å². The van der Waals surface area contributed by atoms with Gasteiger partial charge in [0.05, 0.1) is 22.1 Å². The molecular formula is C46H30N2. The average molecular weight is 611 g/mol. The van der Waals surface area contributed by atoms with Crippen LogP contribution in [0.3, 0.4) is 0 Å². The van der Waals surface area contributed by atoms with Crippen LogP contribution in [0.25, 0.3) is 88.0 Å². The summed E-state index contributed by atoms with van der Waals surface area (Å²) in [6.45, 7) is 0. The summed E-state index contributed by atoms with van der Waals surface area (Å²) < 4.78 is 4.76. The van der Waals surface area contributed by atoms with Gasteiger partial charge in [0.1, 0.15) is 0 Å². The number of para-hydroxylation sites is 3. The third-order valence-corrected chi connectivity index (χ3v) is 9.92. The van der Waals surface area contributed by atoms with Crippen molar-refractivity contribution in [3.63, 3.8) is 0 Å². The summed E-state index contributed by atoms with van der Waals surface area (Å²) >= 11 is 0. The minimum absolute atomic E-state index is 1.16. The van der Waals surface area contributed by atoms with E-state index in [-0.39, 0.29) is 0 Å². The maximum atomic E-state index is 2.39. The monoisotopic (exact) mass is 610 g/mol. The van der Waals surface area contributed by atoms with Crippen LogP contribution in [0.5, 0.6) is 0 Å². The topological polar surface area (TPSA) is 9.86 Å². The first-order valence-electron chi connectivity index (χ1n) is 16.5. The maximum Gasteiger partial charge on any atom is 0.0541 e. The lowest BCUT2D eigenvalue weighted by Gasteiger charge is -2.11. The van der Waals surface area contributed by atoms with Crippen LogP contribution in [0.4, 0.5) is 0 Å². The smallest absolute Gasteiger partial charge is 0.0541 e. The lowest BCUT2D eigenvalue weighted by molar-refractivity contribution is 1.18. The molecule has 8 aromatic carbocycles. The van der Waals surface area contributed by atoms with Gasteiger partial charge in [0.25, 0.3) is 0 Å². The van der Waals surface area contributed by atoms with Crippen molar-refractivity contribution in [2.24, 2.45) is 0 Å². The third kappa shape index (κ3) is 4.13. The first-order chi connectivity index (χ1) is 23.8. The summed E-state index contributed by atoms with van der Waals surface area (Å²) in [6.07, 6.45) is 0. The molecule has 0 aliphatic heterocycles. The summed E-state index contributed by atoms with van der Waals surface area (Å²) in [5.74, 6) is 0. The number of fused-ring (bicyclic) bond motifs is 7. The van der Waals surface area contributed by atoms with Crippen LogP contribution < -0.4 is 0 Å². The van der Waals surface area contributed by atoms with Crippen LogP contribution in [0.15, 0.2) is 182 Å². The van der Waals surface area contributed by atoms with Gasteiger partial charge in [-0.2, -0.15) is 0 Å². The third-order valence-electron chi connectivity index (χ3n) is 9.92. The van der Waals surface area contributed by atoms with E-state index >= 15 is 0 Å². The molecule has 224 valence electrons. The highest BCUT2D eigenvalue weighted by molar-refractivity contribution is 6.11. The van der Waals surface area contributed by atoms with Gasteiger partial charge >= 0.3 is 0 Å². The highest BCUT2D eigenvalue weighted by atomic mass is 15.0. The Labute approximate surface area is 278 Å². The number of rotatable bonds is 4. The molecule has 48 heavy (non-hydrogen) atoms. The zero-order valence-electron chi connectivity index (χ0n) is 26.2. The van der Waals surface area contributed by atoms with Crippen molar-refractivity contribution in [1.82, 2.24) is 9.13 Å². The fraction of sp³-hybridized carbons (Fsp3) is 0. The van der Waals surface area contributed by atoms with Crippen molar-refractivity contribution in [3.8, 4) is 33.6 Å². The number of aromatic nitrogens is 2.